The van der Waals surface area contributed by atoms with Crippen molar-refractivity contribution in [1.29, 1.82) is 0 Å². The van der Waals surface area contributed by atoms with Crippen molar-refractivity contribution in [2.75, 3.05) is 49.6 Å². The summed E-state index contributed by atoms with van der Waals surface area (Å²) < 4.78 is 1.95. The number of benzene rings is 2. The molecule has 16 nitrogen and oxygen atoms in total. The van der Waals surface area contributed by atoms with Crippen molar-refractivity contribution in [2.45, 2.75) is 51.1 Å². The molecule has 11 rings (SSSR count). The number of piperidine rings is 2. The first-order chi connectivity index (χ1) is 29.6. The molecule has 0 radical (unpaired) electrons. The predicted octanol–water partition coefficient (Wildman–Crippen LogP) is 6.85. The van der Waals surface area contributed by atoms with Gasteiger partial charge in [0.2, 0.25) is 0 Å². The zero-order valence-corrected chi connectivity index (χ0v) is 35.7. The van der Waals surface area contributed by atoms with E-state index in [0.717, 1.165) is 93.9 Å². The van der Waals surface area contributed by atoms with Crippen LogP contribution in [0.5, 0.6) is 11.5 Å². The highest BCUT2D eigenvalue weighted by Gasteiger charge is 2.46. The van der Waals surface area contributed by atoms with Gasteiger partial charge in [-0.3, -0.25) is 10.2 Å². The Kier molecular flexibility index (Phi) is 10.1. The van der Waals surface area contributed by atoms with Gasteiger partial charge in [0.25, 0.3) is 0 Å². The Bertz CT molecular complexity index is 2820. The van der Waals surface area contributed by atoms with E-state index in [2.05, 4.69) is 82.1 Å². The first-order valence-corrected chi connectivity index (χ1v) is 22.1. The molecule has 8 aromatic rings. The van der Waals surface area contributed by atoms with Gasteiger partial charge in [0.15, 0.2) is 21.6 Å². The van der Waals surface area contributed by atoms with Gasteiger partial charge in [-0.2, -0.15) is 20.2 Å². The number of hydrogen-bond acceptors (Lipinski definition) is 16. The summed E-state index contributed by atoms with van der Waals surface area (Å²) >= 11 is 3.28. The molecule has 0 saturated carbocycles. The smallest absolute Gasteiger partial charge is 0.194 e. The van der Waals surface area contributed by atoms with Crippen LogP contribution in [0.25, 0.3) is 65.5 Å². The highest BCUT2D eigenvalue weighted by molar-refractivity contribution is 7.22. The first-order valence-electron chi connectivity index (χ1n) is 20.5. The number of aromatic hydroxyl groups is 2. The molecule has 0 aliphatic carbocycles. The third kappa shape index (κ3) is 7.42. The number of nitrogens with zero attached hydrogens (tertiary/aromatic N) is 10. The Morgan fingerprint density at radius 2 is 1.31 bits per heavy atom. The second-order valence-electron chi connectivity index (χ2n) is 16.7. The highest BCUT2D eigenvalue weighted by Crippen LogP contribution is 2.45. The summed E-state index contributed by atoms with van der Waals surface area (Å²) in [5.74, 6) is 0.328. The topological polar surface area (TPSA) is 206 Å². The van der Waals surface area contributed by atoms with Gasteiger partial charge in [0.05, 0.1) is 33.2 Å². The summed E-state index contributed by atoms with van der Waals surface area (Å²) in [6.07, 6.45) is 11.7. The molecule has 9 heterocycles. The van der Waals surface area contributed by atoms with Gasteiger partial charge in [-0.1, -0.05) is 48.7 Å². The van der Waals surface area contributed by atoms with Crippen LogP contribution in [-0.4, -0.2) is 112 Å². The second-order valence-corrected chi connectivity index (χ2v) is 18.7. The van der Waals surface area contributed by atoms with Gasteiger partial charge in [0.1, 0.15) is 11.5 Å². The SMILES string of the molecule is CN(c1nc2nnc(-c3ccc(-c4cn[nH]c4)cc3O)cc2s1)C1CCNCC1(C)C.Oc1cc(-c2cn[nH]c2)ccc1-c1cc2sc(N3CCC34CCNCC4)nc2nn1. The average Bonchev–Trinajstić information content (AvgIpc) is 4.11. The molecule has 312 valence electrons. The third-order valence-corrected chi connectivity index (χ3v) is 14.6. The molecular formula is C43H46N14O2S2. The molecule has 1 unspecified atom stereocenters. The maximum absolute atomic E-state index is 10.6. The largest absolute Gasteiger partial charge is 0.507 e. The predicted molar refractivity (Wildman–Crippen MR) is 240 cm³/mol. The minimum absolute atomic E-state index is 0.157. The quantitative estimate of drug-likeness (QED) is 0.0970. The van der Waals surface area contributed by atoms with Crippen LogP contribution < -0.4 is 20.4 Å². The number of anilines is 2. The first kappa shape index (κ1) is 39.1. The van der Waals surface area contributed by atoms with Crippen LogP contribution in [0.15, 0.2) is 73.3 Å². The highest BCUT2D eigenvalue weighted by atomic mass is 32.1. The van der Waals surface area contributed by atoms with E-state index < -0.39 is 0 Å². The summed E-state index contributed by atoms with van der Waals surface area (Å²) in [5, 5.41) is 61.0. The Balaban J connectivity index is 0.000000146. The molecule has 3 saturated heterocycles. The minimum Gasteiger partial charge on any atom is -0.507 e. The summed E-state index contributed by atoms with van der Waals surface area (Å²) in [4.78, 5) is 14.2. The fourth-order valence-electron chi connectivity index (χ4n) is 8.93. The van der Waals surface area contributed by atoms with Gasteiger partial charge in [-0.15, -0.1) is 20.4 Å². The van der Waals surface area contributed by atoms with Crippen molar-refractivity contribution in [3.8, 4) is 56.3 Å². The number of rotatable bonds is 7. The van der Waals surface area contributed by atoms with E-state index in [1.807, 2.05) is 36.4 Å². The van der Waals surface area contributed by atoms with Crippen LogP contribution in [0.4, 0.5) is 10.3 Å². The zero-order chi connectivity index (χ0) is 41.7. The standard InChI is InChI=1S/C22H25N7OS.C21H21N7OS/c1-22(2)12-23-7-6-19(22)29(3)21-26-20-18(31-21)9-16(27-28-20)15-5-4-13(8-17(15)30)14-10-24-25-11-14;29-17-9-13(14-11-23-24-12-14)1-2-15(17)16-10-18-19(27-26-16)25-20(30-18)28-8-5-21(28)3-6-22-7-4-21/h4-5,8-11,19,23,30H,6-7,12H2,1-3H3,(H,24,25);1-2,9-12,22,29H,3-8H2,(H,23,24). The van der Waals surface area contributed by atoms with E-state index in [-0.39, 0.29) is 22.5 Å². The molecule has 0 bridgehead atoms. The lowest BCUT2D eigenvalue weighted by molar-refractivity contribution is 0.206. The molecule has 3 fully saturated rings. The minimum atomic E-state index is 0.157. The van der Waals surface area contributed by atoms with Gasteiger partial charge in [-0.25, -0.2) is 0 Å². The summed E-state index contributed by atoms with van der Waals surface area (Å²) in [7, 11) is 2.12. The van der Waals surface area contributed by atoms with Crippen LogP contribution in [0, 0.1) is 5.41 Å². The zero-order valence-electron chi connectivity index (χ0n) is 34.1. The lowest BCUT2D eigenvalue weighted by Gasteiger charge is -2.55. The summed E-state index contributed by atoms with van der Waals surface area (Å²) in [6, 6.07) is 15.4. The van der Waals surface area contributed by atoms with Gasteiger partial charge >= 0.3 is 0 Å². The Labute approximate surface area is 359 Å². The number of fused-ring (bicyclic) bond motifs is 2. The van der Waals surface area contributed by atoms with Crippen LogP contribution in [0.1, 0.15) is 39.5 Å². The van der Waals surface area contributed by atoms with E-state index in [0.29, 0.717) is 39.9 Å². The molecule has 61 heavy (non-hydrogen) atoms. The van der Waals surface area contributed by atoms with Crippen molar-refractivity contribution >= 4 is 53.6 Å². The van der Waals surface area contributed by atoms with Crippen LogP contribution in [0.3, 0.4) is 0 Å². The molecule has 6 N–H and O–H groups in total. The number of nitrogens with one attached hydrogen (secondary N) is 4. The lowest BCUT2D eigenvalue weighted by Crippen LogP contribution is -2.64. The maximum atomic E-state index is 10.6. The normalized spacial score (nSPS) is 18.2. The number of H-pyrrole nitrogens is 2. The molecule has 2 aromatic carbocycles. The van der Waals surface area contributed by atoms with Gasteiger partial charge in [-0.05, 0) is 98.3 Å². The molecule has 3 aliphatic rings. The van der Waals surface area contributed by atoms with Crippen LogP contribution >= 0.6 is 22.7 Å². The number of hydrogen-bond donors (Lipinski definition) is 6. The Morgan fingerprint density at radius 3 is 1.85 bits per heavy atom. The van der Waals surface area contributed by atoms with Crippen LogP contribution in [0.2, 0.25) is 0 Å². The molecular weight excluding hydrogens is 809 g/mol. The summed E-state index contributed by atoms with van der Waals surface area (Å²) in [6.45, 7) is 9.78. The summed E-state index contributed by atoms with van der Waals surface area (Å²) in [5.41, 5.74) is 7.92. The van der Waals surface area contributed by atoms with Gasteiger partial charge in [0, 0.05) is 66.4 Å². The molecule has 1 atom stereocenters. The fraction of sp³-hybridized carbons (Fsp3) is 0.349. The number of aromatic nitrogens is 10. The molecule has 18 heteroatoms. The lowest BCUT2D eigenvalue weighted by atomic mass is 9.77. The molecule has 0 amide bonds. The number of thiazole rings is 2. The Morgan fingerprint density at radius 1 is 0.705 bits per heavy atom. The Hall–Kier alpha value is -6.08. The third-order valence-electron chi connectivity index (χ3n) is 12.5. The second kappa shape index (κ2) is 15.7. The van der Waals surface area contributed by atoms with E-state index in [1.54, 1.807) is 59.6 Å². The number of phenolic OH excluding ortho intramolecular Hbond substituents is 2. The van der Waals surface area contributed by atoms with Gasteiger partial charge < -0.3 is 30.6 Å². The monoisotopic (exact) mass is 854 g/mol. The van der Waals surface area contributed by atoms with Crippen LogP contribution in [-0.2, 0) is 0 Å². The average molecular weight is 855 g/mol. The van der Waals surface area contributed by atoms with E-state index in [1.165, 1.54) is 6.42 Å². The maximum Gasteiger partial charge on any atom is 0.194 e. The molecule has 3 aliphatic heterocycles. The molecule has 6 aromatic heterocycles. The molecule has 1 spiro atoms. The van der Waals surface area contributed by atoms with Crippen molar-refractivity contribution in [3.05, 3.63) is 73.3 Å². The van der Waals surface area contributed by atoms with E-state index >= 15 is 0 Å². The number of phenols is 2. The number of aromatic amines is 2. The van der Waals surface area contributed by atoms with Crippen molar-refractivity contribution < 1.29 is 10.2 Å². The van der Waals surface area contributed by atoms with E-state index in [4.69, 9.17) is 9.97 Å². The van der Waals surface area contributed by atoms with E-state index in [9.17, 15) is 10.2 Å². The van der Waals surface area contributed by atoms with Crippen molar-refractivity contribution in [3.63, 3.8) is 0 Å². The van der Waals surface area contributed by atoms with Crippen molar-refractivity contribution in [1.82, 2.24) is 61.4 Å². The van der Waals surface area contributed by atoms with Crippen molar-refractivity contribution in [2.24, 2.45) is 5.41 Å². The fourth-order valence-corrected chi connectivity index (χ4v) is 10.9.